The van der Waals surface area contributed by atoms with Crippen LogP contribution in [0.25, 0.3) is 6.08 Å². The van der Waals surface area contributed by atoms with Crippen LogP contribution in [0.5, 0.6) is 0 Å². The van der Waals surface area contributed by atoms with Crippen LogP contribution in [-0.2, 0) is 4.79 Å². The molecule has 1 aliphatic rings. The van der Waals surface area contributed by atoms with Crippen LogP contribution in [0.1, 0.15) is 11.1 Å². The van der Waals surface area contributed by atoms with Crippen LogP contribution in [0.2, 0.25) is 0 Å². The van der Waals surface area contributed by atoms with Crippen molar-refractivity contribution in [1.29, 1.82) is 0 Å². The third-order valence-electron chi connectivity index (χ3n) is 3.13. The second-order valence-corrected chi connectivity index (χ2v) is 7.67. The van der Waals surface area contributed by atoms with Gasteiger partial charge in [0.15, 0.2) is 0 Å². The van der Waals surface area contributed by atoms with E-state index in [1.165, 1.54) is 6.21 Å². The standard InChI is InChI=1S/C17H10Br2N2O2S/c18-13-5-1-11(2-6-13)9-15-16(22)21(17(23)24-15)20-10-12-3-7-14(19)8-4-12/h1-10H/b15-9-,20-10+. The molecule has 1 saturated heterocycles. The van der Waals surface area contributed by atoms with E-state index < -0.39 is 11.1 Å². The SMILES string of the molecule is O=C1S/C(=C\c2ccc(Br)cc2)C(=O)N1/N=C/c1ccc(Br)cc1. The van der Waals surface area contributed by atoms with E-state index in [0.29, 0.717) is 4.91 Å². The predicted octanol–water partition coefficient (Wildman–Crippen LogP) is 5.28. The highest BCUT2D eigenvalue weighted by Crippen LogP contribution is 2.32. The molecule has 0 bridgehead atoms. The zero-order chi connectivity index (χ0) is 17.1. The fourth-order valence-corrected chi connectivity index (χ4v) is 3.24. The Balaban J connectivity index is 1.78. The minimum absolute atomic E-state index is 0.357. The van der Waals surface area contributed by atoms with Gasteiger partial charge in [-0.1, -0.05) is 56.1 Å². The highest BCUT2D eigenvalue weighted by molar-refractivity contribution is 9.10. The van der Waals surface area contributed by atoms with Crippen molar-refractivity contribution in [1.82, 2.24) is 5.01 Å². The number of rotatable bonds is 3. The van der Waals surface area contributed by atoms with Crippen LogP contribution in [0.4, 0.5) is 4.79 Å². The lowest BCUT2D eigenvalue weighted by Gasteiger charge is -2.03. The molecule has 2 aromatic rings. The van der Waals surface area contributed by atoms with Crippen molar-refractivity contribution in [2.45, 2.75) is 0 Å². The Labute approximate surface area is 159 Å². The molecule has 4 nitrogen and oxygen atoms in total. The maximum atomic E-state index is 12.3. The minimum atomic E-state index is -0.415. The van der Waals surface area contributed by atoms with Gasteiger partial charge in [-0.3, -0.25) is 9.59 Å². The van der Waals surface area contributed by atoms with E-state index in [9.17, 15) is 9.59 Å². The molecule has 1 fully saturated rings. The molecule has 0 spiro atoms. The van der Waals surface area contributed by atoms with E-state index >= 15 is 0 Å². The summed E-state index contributed by atoms with van der Waals surface area (Å²) in [6.07, 6.45) is 3.18. The monoisotopic (exact) mass is 464 g/mol. The normalized spacial score (nSPS) is 16.6. The molecule has 1 aliphatic heterocycles. The van der Waals surface area contributed by atoms with Gasteiger partial charge in [-0.15, -0.1) is 0 Å². The maximum Gasteiger partial charge on any atom is 0.314 e. The molecule has 0 radical (unpaired) electrons. The number of hydrogen-bond acceptors (Lipinski definition) is 4. The molecule has 1 heterocycles. The van der Waals surface area contributed by atoms with Gasteiger partial charge in [0.05, 0.1) is 11.1 Å². The van der Waals surface area contributed by atoms with Crippen molar-refractivity contribution in [2.75, 3.05) is 0 Å². The summed E-state index contributed by atoms with van der Waals surface area (Å²) in [4.78, 5) is 24.7. The number of thioether (sulfide) groups is 1. The van der Waals surface area contributed by atoms with Crippen LogP contribution in [-0.4, -0.2) is 22.4 Å². The summed E-state index contributed by atoms with van der Waals surface area (Å²) in [6, 6.07) is 14.9. The summed E-state index contributed by atoms with van der Waals surface area (Å²) in [7, 11) is 0. The number of halogens is 2. The van der Waals surface area contributed by atoms with Gasteiger partial charge in [-0.05, 0) is 53.2 Å². The molecule has 0 N–H and O–H groups in total. The lowest BCUT2D eigenvalue weighted by molar-refractivity contribution is -0.122. The number of carbonyl (C=O) groups excluding carboxylic acids is 2. The number of hydrogen-bond donors (Lipinski definition) is 0. The van der Waals surface area contributed by atoms with E-state index in [4.69, 9.17) is 0 Å². The molecule has 0 saturated carbocycles. The van der Waals surface area contributed by atoms with Gasteiger partial charge in [0.25, 0.3) is 5.91 Å². The van der Waals surface area contributed by atoms with E-state index in [-0.39, 0.29) is 0 Å². The third kappa shape index (κ3) is 4.03. The molecule has 7 heteroatoms. The van der Waals surface area contributed by atoms with Gasteiger partial charge in [0.2, 0.25) is 0 Å². The number of imide groups is 1. The summed E-state index contributed by atoms with van der Waals surface area (Å²) in [5.74, 6) is -0.415. The number of benzene rings is 2. The highest BCUT2D eigenvalue weighted by atomic mass is 79.9. The van der Waals surface area contributed by atoms with Crippen LogP contribution in [0, 0.1) is 0 Å². The topological polar surface area (TPSA) is 49.7 Å². The average molecular weight is 466 g/mol. The summed E-state index contributed by atoms with van der Waals surface area (Å²) in [6.45, 7) is 0. The Bertz CT molecular complexity index is 846. The summed E-state index contributed by atoms with van der Waals surface area (Å²) >= 11 is 7.59. The van der Waals surface area contributed by atoms with Crippen LogP contribution >= 0.6 is 43.6 Å². The Morgan fingerprint density at radius 1 is 0.875 bits per heavy atom. The largest absolute Gasteiger partial charge is 0.314 e. The average Bonchev–Trinajstić information content (AvgIpc) is 2.83. The van der Waals surface area contributed by atoms with Crippen molar-refractivity contribution in [3.63, 3.8) is 0 Å². The van der Waals surface area contributed by atoms with E-state index in [0.717, 1.165) is 36.8 Å². The summed E-state index contributed by atoms with van der Waals surface area (Å²) < 4.78 is 1.90. The zero-order valence-corrected chi connectivity index (χ0v) is 16.1. The minimum Gasteiger partial charge on any atom is -0.266 e. The fourth-order valence-electron chi connectivity index (χ4n) is 1.94. The van der Waals surface area contributed by atoms with E-state index in [2.05, 4.69) is 37.0 Å². The Morgan fingerprint density at radius 3 is 2.00 bits per heavy atom. The van der Waals surface area contributed by atoms with Gasteiger partial charge in [0.1, 0.15) is 0 Å². The van der Waals surface area contributed by atoms with Crippen molar-refractivity contribution >= 4 is 67.1 Å². The molecule has 2 aromatic carbocycles. The maximum absolute atomic E-state index is 12.3. The molecule has 0 atom stereocenters. The first-order valence-corrected chi connectivity index (χ1v) is 9.26. The second-order valence-electron chi connectivity index (χ2n) is 4.84. The Kier molecular flexibility index (Phi) is 5.33. The van der Waals surface area contributed by atoms with E-state index in [1.54, 1.807) is 6.08 Å². The number of carbonyl (C=O) groups is 2. The predicted molar refractivity (Wildman–Crippen MR) is 104 cm³/mol. The molecule has 3 rings (SSSR count). The molecule has 120 valence electrons. The molecule has 0 aliphatic carbocycles. The van der Waals surface area contributed by atoms with Crippen LogP contribution < -0.4 is 0 Å². The van der Waals surface area contributed by atoms with E-state index in [1.807, 2.05) is 48.5 Å². The Morgan fingerprint density at radius 2 is 1.42 bits per heavy atom. The third-order valence-corrected chi connectivity index (χ3v) is 5.05. The van der Waals surface area contributed by atoms with Crippen LogP contribution in [0.15, 0.2) is 67.5 Å². The first-order chi connectivity index (χ1) is 11.5. The van der Waals surface area contributed by atoms with Gasteiger partial charge in [-0.2, -0.15) is 10.1 Å². The lowest BCUT2D eigenvalue weighted by atomic mass is 10.2. The quantitative estimate of drug-likeness (QED) is 0.457. The first-order valence-electron chi connectivity index (χ1n) is 6.86. The zero-order valence-electron chi connectivity index (χ0n) is 12.1. The molecular weight excluding hydrogens is 456 g/mol. The lowest BCUT2D eigenvalue weighted by Crippen LogP contribution is -2.22. The Hall–Kier alpha value is -1.70. The van der Waals surface area contributed by atoms with Crippen LogP contribution in [0.3, 0.4) is 0 Å². The smallest absolute Gasteiger partial charge is 0.266 e. The van der Waals surface area contributed by atoms with Crippen molar-refractivity contribution < 1.29 is 9.59 Å². The van der Waals surface area contributed by atoms with Gasteiger partial charge in [0, 0.05) is 8.95 Å². The molecular formula is C17H10Br2N2O2S. The second kappa shape index (κ2) is 7.46. The van der Waals surface area contributed by atoms with Crippen molar-refractivity contribution in [3.8, 4) is 0 Å². The molecule has 0 aromatic heterocycles. The fraction of sp³-hybridized carbons (Fsp3) is 0. The number of nitrogens with zero attached hydrogens (tertiary/aromatic N) is 2. The summed E-state index contributed by atoms with van der Waals surface area (Å²) in [5, 5.41) is 4.50. The summed E-state index contributed by atoms with van der Waals surface area (Å²) in [5.41, 5.74) is 1.65. The van der Waals surface area contributed by atoms with Crippen molar-refractivity contribution in [3.05, 3.63) is 73.5 Å². The number of amides is 2. The van der Waals surface area contributed by atoms with Gasteiger partial charge >= 0.3 is 5.24 Å². The first kappa shape index (κ1) is 17.1. The van der Waals surface area contributed by atoms with Gasteiger partial charge in [-0.25, -0.2) is 0 Å². The number of hydrazone groups is 1. The molecule has 0 unspecified atom stereocenters. The highest BCUT2D eigenvalue weighted by Gasteiger charge is 2.35. The molecule has 2 amide bonds. The van der Waals surface area contributed by atoms with Crippen molar-refractivity contribution in [2.24, 2.45) is 5.10 Å². The molecule has 24 heavy (non-hydrogen) atoms. The van der Waals surface area contributed by atoms with Gasteiger partial charge < -0.3 is 0 Å².